The Labute approximate surface area is 136 Å². The van der Waals surface area contributed by atoms with Crippen molar-refractivity contribution in [1.82, 2.24) is 4.90 Å². The predicted molar refractivity (Wildman–Crippen MR) is 88.1 cm³/mol. The van der Waals surface area contributed by atoms with E-state index < -0.39 is 0 Å². The third-order valence-corrected chi connectivity index (χ3v) is 4.28. The van der Waals surface area contributed by atoms with Gasteiger partial charge in [-0.2, -0.15) is 0 Å². The average Bonchev–Trinajstić information content (AvgIpc) is 3.02. The number of halogens is 1. The van der Waals surface area contributed by atoms with Gasteiger partial charge in [-0.1, -0.05) is 24.3 Å². The van der Waals surface area contributed by atoms with Crippen LogP contribution in [0.1, 0.15) is 23.5 Å². The summed E-state index contributed by atoms with van der Waals surface area (Å²) in [5, 5.41) is 8.82. The molecule has 0 saturated carbocycles. The summed E-state index contributed by atoms with van der Waals surface area (Å²) < 4.78 is 18.5. The van der Waals surface area contributed by atoms with E-state index in [1.807, 2.05) is 30.3 Å². The third kappa shape index (κ3) is 4.30. The molecule has 0 bridgehead atoms. The van der Waals surface area contributed by atoms with Crippen molar-refractivity contribution in [3.63, 3.8) is 0 Å². The second-order valence-corrected chi connectivity index (χ2v) is 5.99. The fourth-order valence-corrected chi connectivity index (χ4v) is 3.14. The molecule has 1 heterocycles. The SMILES string of the molecule is OCCOc1cccc(CN2CC[C@H](c3ccc(F)cc3)C2)c1. The van der Waals surface area contributed by atoms with Crippen LogP contribution in [-0.4, -0.2) is 36.3 Å². The highest BCUT2D eigenvalue weighted by molar-refractivity contribution is 5.29. The summed E-state index contributed by atoms with van der Waals surface area (Å²) in [4.78, 5) is 2.42. The highest BCUT2D eigenvalue weighted by Crippen LogP contribution is 2.28. The van der Waals surface area contributed by atoms with Gasteiger partial charge in [0, 0.05) is 13.1 Å². The number of ether oxygens (including phenoxy) is 1. The molecule has 1 aliphatic heterocycles. The topological polar surface area (TPSA) is 32.7 Å². The summed E-state index contributed by atoms with van der Waals surface area (Å²) in [5.74, 6) is 1.10. The smallest absolute Gasteiger partial charge is 0.123 e. The Kier molecular flexibility index (Phi) is 5.26. The first-order valence-corrected chi connectivity index (χ1v) is 8.05. The Hall–Kier alpha value is -1.91. The standard InChI is InChI=1S/C19H22FNO2/c20-18-6-4-16(5-7-18)17-8-9-21(14-17)13-15-2-1-3-19(12-15)23-11-10-22/h1-7,12,17,22H,8-11,13-14H2/t17-/m0/s1. The lowest BCUT2D eigenvalue weighted by Crippen LogP contribution is -2.19. The van der Waals surface area contributed by atoms with Gasteiger partial charge in [0.25, 0.3) is 0 Å². The van der Waals surface area contributed by atoms with Crippen molar-refractivity contribution in [2.75, 3.05) is 26.3 Å². The summed E-state index contributed by atoms with van der Waals surface area (Å²) in [6.07, 6.45) is 1.10. The van der Waals surface area contributed by atoms with Crippen LogP contribution in [0.4, 0.5) is 4.39 Å². The molecule has 0 aromatic heterocycles. The molecule has 0 unspecified atom stereocenters. The average molecular weight is 315 g/mol. The van der Waals surface area contributed by atoms with Crippen LogP contribution < -0.4 is 4.74 Å². The van der Waals surface area contributed by atoms with Crippen LogP contribution in [0, 0.1) is 5.82 Å². The molecule has 23 heavy (non-hydrogen) atoms. The zero-order valence-electron chi connectivity index (χ0n) is 13.1. The highest BCUT2D eigenvalue weighted by atomic mass is 19.1. The van der Waals surface area contributed by atoms with Crippen molar-refractivity contribution < 1.29 is 14.2 Å². The van der Waals surface area contributed by atoms with Crippen molar-refractivity contribution in [2.24, 2.45) is 0 Å². The number of hydrogen-bond acceptors (Lipinski definition) is 3. The molecule has 1 N–H and O–H groups in total. The molecule has 1 atom stereocenters. The van der Waals surface area contributed by atoms with Gasteiger partial charge >= 0.3 is 0 Å². The molecule has 1 fully saturated rings. The summed E-state index contributed by atoms with van der Waals surface area (Å²) in [7, 11) is 0. The minimum Gasteiger partial charge on any atom is -0.491 e. The van der Waals surface area contributed by atoms with E-state index in [2.05, 4.69) is 11.0 Å². The van der Waals surface area contributed by atoms with Gasteiger partial charge in [0.2, 0.25) is 0 Å². The maximum atomic E-state index is 13.0. The number of rotatable bonds is 6. The molecule has 0 spiro atoms. The first-order valence-electron chi connectivity index (χ1n) is 8.05. The largest absolute Gasteiger partial charge is 0.491 e. The number of hydrogen-bond donors (Lipinski definition) is 1. The van der Waals surface area contributed by atoms with Crippen LogP contribution in [0.5, 0.6) is 5.75 Å². The van der Waals surface area contributed by atoms with Gasteiger partial charge in [-0.3, -0.25) is 4.90 Å². The molecule has 0 amide bonds. The quantitative estimate of drug-likeness (QED) is 0.888. The van der Waals surface area contributed by atoms with Crippen LogP contribution in [0.2, 0.25) is 0 Å². The van der Waals surface area contributed by atoms with E-state index in [0.29, 0.717) is 12.5 Å². The van der Waals surface area contributed by atoms with E-state index in [-0.39, 0.29) is 12.4 Å². The fourth-order valence-electron chi connectivity index (χ4n) is 3.14. The highest BCUT2D eigenvalue weighted by Gasteiger charge is 2.23. The molecule has 2 aromatic carbocycles. The number of aliphatic hydroxyl groups is 1. The van der Waals surface area contributed by atoms with E-state index in [9.17, 15) is 4.39 Å². The monoisotopic (exact) mass is 315 g/mol. The Morgan fingerprint density at radius 2 is 2.00 bits per heavy atom. The maximum absolute atomic E-state index is 13.0. The molecular weight excluding hydrogens is 293 g/mol. The Morgan fingerprint density at radius 3 is 2.78 bits per heavy atom. The molecule has 0 radical (unpaired) electrons. The van der Waals surface area contributed by atoms with Crippen molar-refractivity contribution in [1.29, 1.82) is 0 Å². The van der Waals surface area contributed by atoms with Gasteiger partial charge in [-0.25, -0.2) is 4.39 Å². The van der Waals surface area contributed by atoms with Crippen molar-refractivity contribution in [3.05, 3.63) is 65.5 Å². The van der Waals surface area contributed by atoms with E-state index in [1.165, 1.54) is 11.1 Å². The summed E-state index contributed by atoms with van der Waals surface area (Å²) in [6.45, 7) is 3.26. The lowest BCUT2D eigenvalue weighted by atomic mass is 9.99. The van der Waals surface area contributed by atoms with E-state index in [0.717, 1.165) is 31.8 Å². The molecular formula is C19H22FNO2. The lowest BCUT2D eigenvalue weighted by Gasteiger charge is -2.17. The zero-order valence-corrected chi connectivity index (χ0v) is 13.1. The van der Waals surface area contributed by atoms with Gasteiger partial charge in [0.05, 0.1) is 6.61 Å². The molecule has 4 heteroatoms. The first-order chi connectivity index (χ1) is 11.2. The van der Waals surface area contributed by atoms with Gasteiger partial charge in [0.15, 0.2) is 0 Å². The van der Waals surface area contributed by atoms with Crippen molar-refractivity contribution in [3.8, 4) is 5.75 Å². The predicted octanol–water partition coefficient (Wildman–Crippen LogP) is 3.19. The van der Waals surface area contributed by atoms with Crippen LogP contribution >= 0.6 is 0 Å². The van der Waals surface area contributed by atoms with Gasteiger partial charge in [-0.15, -0.1) is 0 Å². The Morgan fingerprint density at radius 1 is 1.17 bits per heavy atom. The van der Waals surface area contributed by atoms with Gasteiger partial charge in [0.1, 0.15) is 18.2 Å². The molecule has 2 aromatic rings. The second kappa shape index (κ2) is 7.57. The third-order valence-electron chi connectivity index (χ3n) is 4.28. The van der Waals surface area contributed by atoms with Crippen molar-refractivity contribution >= 4 is 0 Å². The number of aliphatic hydroxyl groups excluding tert-OH is 1. The van der Waals surface area contributed by atoms with Crippen molar-refractivity contribution in [2.45, 2.75) is 18.9 Å². The molecule has 3 rings (SSSR count). The van der Waals surface area contributed by atoms with Gasteiger partial charge in [-0.05, 0) is 54.3 Å². The normalized spacial score (nSPS) is 18.3. The molecule has 1 aliphatic rings. The molecule has 122 valence electrons. The second-order valence-electron chi connectivity index (χ2n) is 5.99. The zero-order chi connectivity index (χ0) is 16.1. The number of nitrogens with zero attached hydrogens (tertiary/aromatic N) is 1. The molecule has 0 aliphatic carbocycles. The number of benzene rings is 2. The van der Waals surface area contributed by atoms with E-state index in [1.54, 1.807) is 12.1 Å². The van der Waals surface area contributed by atoms with Crippen LogP contribution in [0.25, 0.3) is 0 Å². The minimum atomic E-state index is -0.178. The molecule has 3 nitrogen and oxygen atoms in total. The van der Waals surface area contributed by atoms with Gasteiger partial charge < -0.3 is 9.84 Å². The van der Waals surface area contributed by atoms with Crippen LogP contribution in [0.3, 0.4) is 0 Å². The first kappa shape index (κ1) is 16.0. The molecule has 1 saturated heterocycles. The fraction of sp³-hybridized carbons (Fsp3) is 0.368. The summed E-state index contributed by atoms with van der Waals surface area (Å²) in [6, 6.07) is 14.9. The van der Waals surface area contributed by atoms with Crippen LogP contribution in [0.15, 0.2) is 48.5 Å². The minimum absolute atomic E-state index is 0.0235. The Balaban J connectivity index is 1.58. The lowest BCUT2D eigenvalue weighted by molar-refractivity contribution is 0.201. The Bertz CT molecular complexity index is 630. The van der Waals surface area contributed by atoms with E-state index >= 15 is 0 Å². The van der Waals surface area contributed by atoms with E-state index in [4.69, 9.17) is 9.84 Å². The maximum Gasteiger partial charge on any atom is 0.123 e. The summed E-state index contributed by atoms with van der Waals surface area (Å²) >= 11 is 0. The summed E-state index contributed by atoms with van der Waals surface area (Å²) in [5.41, 5.74) is 2.43. The number of likely N-dealkylation sites (tertiary alicyclic amines) is 1. The van der Waals surface area contributed by atoms with Crippen LogP contribution in [-0.2, 0) is 6.54 Å².